The smallest absolute Gasteiger partial charge is 0.254 e. The van der Waals surface area contributed by atoms with E-state index < -0.39 is 0 Å². The second-order valence-corrected chi connectivity index (χ2v) is 9.57. The van der Waals surface area contributed by atoms with Crippen LogP contribution in [0.15, 0.2) is 42.6 Å². The van der Waals surface area contributed by atoms with Crippen LogP contribution in [0.25, 0.3) is 22.3 Å². The highest BCUT2D eigenvalue weighted by Crippen LogP contribution is 2.29. The van der Waals surface area contributed by atoms with Gasteiger partial charge in [-0.25, -0.2) is 4.98 Å². The maximum Gasteiger partial charge on any atom is 0.254 e. The van der Waals surface area contributed by atoms with Crippen molar-refractivity contribution in [3.05, 3.63) is 70.1 Å². The molecular formula is C28H31ClN6O2. The van der Waals surface area contributed by atoms with E-state index in [2.05, 4.69) is 15.4 Å². The summed E-state index contributed by atoms with van der Waals surface area (Å²) < 4.78 is 1.91. The van der Waals surface area contributed by atoms with Gasteiger partial charge in [-0.3, -0.25) is 19.3 Å². The molecule has 0 radical (unpaired) electrons. The van der Waals surface area contributed by atoms with Crippen molar-refractivity contribution in [2.24, 2.45) is 0 Å². The number of nitrogens with one attached hydrogen (secondary N) is 1. The van der Waals surface area contributed by atoms with E-state index in [4.69, 9.17) is 16.6 Å². The minimum absolute atomic E-state index is 0.0562. The molecule has 3 heterocycles. The Morgan fingerprint density at radius 2 is 1.81 bits per heavy atom. The third kappa shape index (κ3) is 5.80. The summed E-state index contributed by atoms with van der Waals surface area (Å²) in [6.07, 6.45) is 3.00. The molecule has 0 atom stereocenters. The zero-order valence-electron chi connectivity index (χ0n) is 21.8. The van der Waals surface area contributed by atoms with Crippen molar-refractivity contribution < 1.29 is 9.59 Å². The molecule has 3 aromatic heterocycles. The van der Waals surface area contributed by atoms with Gasteiger partial charge in [0.15, 0.2) is 0 Å². The Morgan fingerprint density at radius 1 is 1.05 bits per heavy atom. The lowest BCUT2D eigenvalue weighted by Crippen LogP contribution is -2.27. The van der Waals surface area contributed by atoms with E-state index in [1.54, 1.807) is 48.5 Å². The van der Waals surface area contributed by atoms with Gasteiger partial charge < -0.3 is 10.2 Å². The molecule has 0 unspecified atom stereocenters. The third-order valence-corrected chi connectivity index (χ3v) is 6.47. The van der Waals surface area contributed by atoms with Crippen LogP contribution in [0.4, 0.5) is 5.69 Å². The number of aromatic nitrogens is 4. The van der Waals surface area contributed by atoms with Crippen LogP contribution in [0.1, 0.15) is 54.0 Å². The molecule has 0 aliphatic carbocycles. The van der Waals surface area contributed by atoms with E-state index in [1.807, 2.05) is 38.4 Å². The van der Waals surface area contributed by atoms with Crippen LogP contribution in [0, 0.1) is 13.8 Å². The molecule has 37 heavy (non-hydrogen) atoms. The van der Waals surface area contributed by atoms with Gasteiger partial charge in [0.1, 0.15) is 0 Å². The Morgan fingerprint density at radius 3 is 2.51 bits per heavy atom. The molecule has 0 saturated heterocycles. The van der Waals surface area contributed by atoms with Crippen LogP contribution in [0.5, 0.6) is 0 Å². The number of halogens is 1. The number of carbonyl (C=O) groups excluding carboxylic acids is 2. The van der Waals surface area contributed by atoms with Crippen LogP contribution in [0.2, 0.25) is 5.02 Å². The maximum absolute atomic E-state index is 13.7. The molecule has 9 heteroatoms. The fraction of sp³-hybridized carbons (Fsp3) is 0.321. The standard InChI is InChI=1S/C28H31ClN6O2/c1-6-8-27(36)32-21-11-17(3)31-25(13-21)26-14-23(22-12-20(29)9-10-24(22)33-26)28(37)34(5)16-19-15-30-35(7-2)18(19)4/h9-15H,6-8,16H2,1-5H3,(H,31,32,36). The van der Waals surface area contributed by atoms with Gasteiger partial charge in [-0.1, -0.05) is 18.5 Å². The first-order chi connectivity index (χ1) is 17.7. The Labute approximate surface area is 221 Å². The number of hydrogen-bond donors (Lipinski definition) is 1. The number of benzene rings is 1. The largest absolute Gasteiger partial charge is 0.337 e. The van der Waals surface area contributed by atoms with Crippen LogP contribution in [-0.2, 0) is 17.9 Å². The molecule has 4 rings (SSSR count). The maximum atomic E-state index is 13.7. The molecule has 0 saturated carbocycles. The van der Waals surface area contributed by atoms with Crippen molar-refractivity contribution in [1.29, 1.82) is 0 Å². The monoisotopic (exact) mass is 518 g/mol. The molecule has 1 aromatic carbocycles. The molecule has 0 aliphatic heterocycles. The number of anilines is 1. The Balaban J connectivity index is 1.76. The summed E-state index contributed by atoms with van der Waals surface area (Å²) in [6.45, 7) is 9.04. The van der Waals surface area contributed by atoms with E-state index in [1.165, 1.54) is 0 Å². The number of rotatable bonds is 8. The zero-order valence-corrected chi connectivity index (χ0v) is 22.6. The molecule has 0 spiro atoms. The molecule has 0 aliphatic rings. The van der Waals surface area contributed by atoms with Crippen LogP contribution >= 0.6 is 11.6 Å². The Bertz CT molecular complexity index is 1480. The van der Waals surface area contributed by atoms with Gasteiger partial charge in [-0.05, 0) is 63.6 Å². The first kappa shape index (κ1) is 26.3. The Kier molecular flexibility index (Phi) is 7.88. The normalized spacial score (nSPS) is 11.1. The molecule has 4 aromatic rings. The van der Waals surface area contributed by atoms with Gasteiger partial charge >= 0.3 is 0 Å². The highest BCUT2D eigenvalue weighted by atomic mass is 35.5. The van der Waals surface area contributed by atoms with Gasteiger partial charge in [0.25, 0.3) is 5.91 Å². The summed E-state index contributed by atoms with van der Waals surface area (Å²) in [5.41, 5.74) is 5.62. The van der Waals surface area contributed by atoms with E-state index >= 15 is 0 Å². The number of pyridine rings is 2. The van der Waals surface area contributed by atoms with Crippen molar-refractivity contribution in [2.45, 2.75) is 53.6 Å². The Hall–Kier alpha value is -3.78. The second kappa shape index (κ2) is 11.1. The van der Waals surface area contributed by atoms with Gasteiger partial charge in [0.05, 0.1) is 28.7 Å². The summed E-state index contributed by atoms with van der Waals surface area (Å²) >= 11 is 6.30. The predicted octanol–water partition coefficient (Wildman–Crippen LogP) is 5.79. The first-order valence-corrected chi connectivity index (χ1v) is 12.7. The third-order valence-electron chi connectivity index (χ3n) is 6.24. The van der Waals surface area contributed by atoms with Gasteiger partial charge in [-0.15, -0.1) is 0 Å². The SMILES string of the molecule is CCCC(=O)Nc1cc(C)nc(-c2cc(C(=O)N(C)Cc3cnn(CC)c3C)c3cc(Cl)ccc3n2)c1. The van der Waals surface area contributed by atoms with Gasteiger partial charge in [0.2, 0.25) is 5.91 Å². The summed E-state index contributed by atoms with van der Waals surface area (Å²) in [4.78, 5) is 37.0. The summed E-state index contributed by atoms with van der Waals surface area (Å²) in [7, 11) is 1.77. The second-order valence-electron chi connectivity index (χ2n) is 9.13. The van der Waals surface area contributed by atoms with Crippen molar-refractivity contribution in [2.75, 3.05) is 12.4 Å². The fourth-order valence-electron chi connectivity index (χ4n) is 4.32. The average molecular weight is 519 g/mol. The van der Waals surface area contributed by atoms with Crippen molar-refractivity contribution in [3.8, 4) is 11.4 Å². The lowest BCUT2D eigenvalue weighted by atomic mass is 10.0. The van der Waals surface area contributed by atoms with Crippen LogP contribution in [0.3, 0.4) is 0 Å². The summed E-state index contributed by atoms with van der Waals surface area (Å²) in [6, 6.07) is 10.7. The van der Waals surface area contributed by atoms with Gasteiger partial charge in [0, 0.05) is 59.6 Å². The minimum Gasteiger partial charge on any atom is -0.337 e. The van der Waals surface area contributed by atoms with Crippen molar-refractivity contribution in [1.82, 2.24) is 24.6 Å². The number of nitrogens with zero attached hydrogens (tertiary/aromatic N) is 5. The molecule has 0 fully saturated rings. The quantitative estimate of drug-likeness (QED) is 0.318. The van der Waals surface area contributed by atoms with E-state index in [-0.39, 0.29) is 11.8 Å². The molecule has 8 nitrogen and oxygen atoms in total. The highest BCUT2D eigenvalue weighted by Gasteiger charge is 2.20. The molecule has 1 N–H and O–H groups in total. The highest BCUT2D eigenvalue weighted by molar-refractivity contribution is 6.31. The first-order valence-electron chi connectivity index (χ1n) is 12.4. The zero-order chi connectivity index (χ0) is 26.7. The molecule has 192 valence electrons. The number of carbonyl (C=O) groups is 2. The number of aryl methyl sites for hydroxylation is 2. The number of amides is 2. The van der Waals surface area contributed by atoms with E-state index in [0.29, 0.717) is 51.5 Å². The number of hydrogen-bond acceptors (Lipinski definition) is 5. The van der Waals surface area contributed by atoms with Gasteiger partial charge in [-0.2, -0.15) is 5.10 Å². The predicted molar refractivity (Wildman–Crippen MR) is 147 cm³/mol. The fourth-order valence-corrected chi connectivity index (χ4v) is 4.49. The molecule has 2 amide bonds. The summed E-state index contributed by atoms with van der Waals surface area (Å²) in [5.74, 6) is -0.219. The average Bonchev–Trinajstić information content (AvgIpc) is 3.21. The topological polar surface area (TPSA) is 93.0 Å². The minimum atomic E-state index is -0.163. The van der Waals surface area contributed by atoms with Crippen LogP contribution < -0.4 is 5.32 Å². The molecule has 0 bridgehead atoms. The summed E-state index contributed by atoms with van der Waals surface area (Å²) in [5, 5.41) is 8.51. The molecular weight excluding hydrogens is 488 g/mol. The van der Waals surface area contributed by atoms with E-state index in [0.717, 1.165) is 29.9 Å². The van der Waals surface area contributed by atoms with E-state index in [9.17, 15) is 9.59 Å². The van der Waals surface area contributed by atoms with Crippen molar-refractivity contribution >= 4 is 40.0 Å². The number of fused-ring (bicyclic) bond motifs is 1. The van der Waals surface area contributed by atoms with Crippen molar-refractivity contribution in [3.63, 3.8) is 0 Å². The van der Waals surface area contributed by atoms with Crippen LogP contribution in [-0.4, -0.2) is 43.5 Å². The lowest BCUT2D eigenvalue weighted by molar-refractivity contribution is -0.116. The lowest BCUT2D eigenvalue weighted by Gasteiger charge is -2.19.